The molecule has 1 saturated heterocycles. The number of nitrogens with zero attached hydrogens (tertiary/aromatic N) is 1. The minimum Gasteiger partial charge on any atom is -0.480 e. The van der Waals surface area contributed by atoms with Crippen molar-refractivity contribution in [3.8, 4) is 0 Å². The number of carboxylic acids is 1. The van der Waals surface area contributed by atoms with Crippen molar-refractivity contribution >= 4 is 16.0 Å². The number of sulfonamides is 1. The van der Waals surface area contributed by atoms with Crippen LogP contribution in [-0.4, -0.2) is 55.2 Å². The Morgan fingerprint density at radius 3 is 2.60 bits per heavy atom. The highest BCUT2D eigenvalue weighted by molar-refractivity contribution is 7.90. The topological polar surface area (TPSA) is 86.7 Å². The van der Waals surface area contributed by atoms with Crippen LogP contribution in [0.4, 0.5) is 0 Å². The van der Waals surface area contributed by atoms with Crippen molar-refractivity contribution in [2.45, 2.75) is 24.6 Å². The number of carbonyl (C=O) groups is 1. The first-order valence-electron chi connectivity index (χ1n) is 4.78. The van der Waals surface area contributed by atoms with E-state index in [2.05, 4.69) is 5.32 Å². The Morgan fingerprint density at radius 2 is 2.20 bits per heavy atom. The summed E-state index contributed by atoms with van der Waals surface area (Å²) in [5.74, 6) is -1.30. The second-order valence-electron chi connectivity index (χ2n) is 3.66. The SMILES string of the molecule is CNC1CCN(S(=O)(=O)C(C)C(=O)O)C1. The van der Waals surface area contributed by atoms with E-state index in [1.54, 1.807) is 7.05 Å². The minimum atomic E-state index is -3.69. The van der Waals surface area contributed by atoms with Crippen molar-refractivity contribution in [1.82, 2.24) is 9.62 Å². The van der Waals surface area contributed by atoms with Crippen LogP contribution in [0.2, 0.25) is 0 Å². The van der Waals surface area contributed by atoms with Gasteiger partial charge >= 0.3 is 5.97 Å². The first kappa shape index (κ1) is 12.4. The maximum absolute atomic E-state index is 11.8. The zero-order chi connectivity index (χ0) is 11.6. The van der Waals surface area contributed by atoms with Crippen LogP contribution in [0.15, 0.2) is 0 Å². The molecule has 2 unspecified atom stereocenters. The van der Waals surface area contributed by atoms with E-state index in [0.29, 0.717) is 13.1 Å². The molecular formula is C8H16N2O4S. The van der Waals surface area contributed by atoms with E-state index in [1.165, 1.54) is 11.2 Å². The Bertz CT molecular complexity index is 341. The molecule has 2 atom stereocenters. The van der Waals surface area contributed by atoms with Crippen molar-refractivity contribution < 1.29 is 18.3 Å². The average molecular weight is 236 g/mol. The molecule has 15 heavy (non-hydrogen) atoms. The van der Waals surface area contributed by atoms with Gasteiger partial charge in [-0.25, -0.2) is 8.42 Å². The predicted molar refractivity (Wildman–Crippen MR) is 55.1 cm³/mol. The van der Waals surface area contributed by atoms with Gasteiger partial charge in [-0.1, -0.05) is 0 Å². The fourth-order valence-electron chi connectivity index (χ4n) is 1.55. The van der Waals surface area contributed by atoms with E-state index in [4.69, 9.17) is 5.11 Å². The van der Waals surface area contributed by atoms with Gasteiger partial charge in [-0.3, -0.25) is 4.79 Å². The summed E-state index contributed by atoms with van der Waals surface area (Å²) in [4.78, 5) is 10.6. The summed E-state index contributed by atoms with van der Waals surface area (Å²) in [5.41, 5.74) is 0. The predicted octanol–water partition coefficient (Wildman–Crippen LogP) is -0.917. The van der Waals surface area contributed by atoms with Crippen LogP contribution in [0.3, 0.4) is 0 Å². The smallest absolute Gasteiger partial charge is 0.323 e. The molecule has 1 aliphatic heterocycles. The van der Waals surface area contributed by atoms with Gasteiger partial charge in [0.2, 0.25) is 10.0 Å². The molecule has 7 heteroatoms. The zero-order valence-electron chi connectivity index (χ0n) is 8.80. The highest BCUT2D eigenvalue weighted by atomic mass is 32.2. The largest absolute Gasteiger partial charge is 0.480 e. The summed E-state index contributed by atoms with van der Waals surface area (Å²) in [6.07, 6.45) is 0.724. The number of nitrogens with one attached hydrogen (secondary N) is 1. The van der Waals surface area contributed by atoms with Crippen molar-refractivity contribution in [1.29, 1.82) is 0 Å². The van der Waals surface area contributed by atoms with Gasteiger partial charge in [-0.15, -0.1) is 0 Å². The van der Waals surface area contributed by atoms with Gasteiger partial charge < -0.3 is 10.4 Å². The molecule has 6 nitrogen and oxygen atoms in total. The molecule has 0 spiro atoms. The molecule has 2 N–H and O–H groups in total. The first-order valence-corrected chi connectivity index (χ1v) is 6.29. The Kier molecular flexibility index (Phi) is 3.69. The molecule has 0 bridgehead atoms. The van der Waals surface area contributed by atoms with Gasteiger partial charge in [0.25, 0.3) is 0 Å². The monoisotopic (exact) mass is 236 g/mol. The Morgan fingerprint density at radius 1 is 1.60 bits per heavy atom. The van der Waals surface area contributed by atoms with Crippen LogP contribution in [0, 0.1) is 0 Å². The molecular weight excluding hydrogens is 220 g/mol. The molecule has 0 aromatic heterocycles. The molecule has 0 aromatic rings. The molecule has 0 radical (unpaired) electrons. The molecule has 0 aliphatic carbocycles. The lowest BCUT2D eigenvalue weighted by atomic mass is 10.3. The third-order valence-corrected chi connectivity index (χ3v) is 4.86. The third kappa shape index (κ3) is 2.47. The summed E-state index contributed by atoms with van der Waals surface area (Å²) in [5, 5.41) is 10.3. The molecule has 1 aliphatic rings. The number of likely N-dealkylation sites (N-methyl/N-ethyl adjacent to an activating group) is 1. The average Bonchev–Trinajstić information content (AvgIpc) is 2.65. The lowest BCUT2D eigenvalue weighted by molar-refractivity contribution is -0.136. The molecule has 0 aromatic carbocycles. The van der Waals surface area contributed by atoms with E-state index in [9.17, 15) is 13.2 Å². The van der Waals surface area contributed by atoms with E-state index in [1.807, 2.05) is 0 Å². The van der Waals surface area contributed by atoms with E-state index < -0.39 is 21.2 Å². The molecule has 88 valence electrons. The molecule has 0 amide bonds. The van der Waals surface area contributed by atoms with Crippen molar-refractivity contribution in [3.63, 3.8) is 0 Å². The molecule has 0 saturated carbocycles. The summed E-state index contributed by atoms with van der Waals surface area (Å²) < 4.78 is 24.7. The number of carboxylic acid groups (broad SMARTS) is 1. The lowest BCUT2D eigenvalue weighted by Gasteiger charge is -2.18. The molecule has 1 heterocycles. The Balaban J connectivity index is 2.76. The molecule has 1 rings (SSSR count). The normalized spacial score (nSPS) is 25.3. The highest BCUT2D eigenvalue weighted by Gasteiger charge is 2.37. The summed E-state index contributed by atoms with van der Waals surface area (Å²) in [6.45, 7) is 1.95. The van der Waals surface area contributed by atoms with Crippen molar-refractivity contribution in [2.24, 2.45) is 0 Å². The third-order valence-electron chi connectivity index (χ3n) is 2.71. The zero-order valence-corrected chi connectivity index (χ0v) is 9.62. The van der Waals surface area contributed by atoms with Crippen LogP contribution >= 0.6 is 0 Å². The van der Waals surface area contributed by atoms with Gasteiger partial charge in [-0.2, -0.15) is 4.31 Å². The van der Waals surface area contributed by atoms with Gasteiger partial charge in [-0.05, 0) is 20.4 Å². The summed E-state index contributed by atoms with van der Waals surface area (Å²) in [7, 11) is -1.92. The van der Waals surface area contributed by atoms with Crippen LogP contribution in [0.1, 0.15) is 13.3 Å². The second kappa shape index (κ2) is 4.46. The Hall–Kier alpha value is -0.660. The maximum atomic E-state index is 11.8. The van der Waals surface area contributed by atoms with Crippen molar-refractivity contribution in [3.05, 3.63) is 0 Å². The van der Waals surface area contributed by atoms with E-state index in [-0.39, 0.29) is 6.04 Å². The summed E-state index contributed by atoms with van der Waals surface area (Å²) in [6, 6.07) is 0.126. The van der Waals surface area contributed by atoms with Crippen LogP contribution in [-0.2, 0) is 14.8 Å². The first-order chi connectivity index (χ1) is 6.89. The van der Waals surface area contributed by atoms with E-state index >= 15 is 0 Å². The van der Waals surface area contributed by atoms with Gasteiger partial charge in [0.05, 0.1) is 0 Å². The fraction of sp³-hybridized carbons (Fsp3) is 0.875. The number of hydrogen-bond donors (Lipinski definition) is 2. The fourth-order valence-corrected chi connectivity index (χ4v) is 3.00. The highest BCUT2D eigenvalue weighted by Crippen LogP contribution is 2.17. The number of rotatable bonds is 4. The lowest BCUT2D eigenvalue weighted by Crippen LogP contribution is -2.41. The van der Waals surface area contributed by atoms with Crippen LogP contribution in [0.5, 0.6) is 0 Å². The van der Waals surface area contributed by atoms with Gasteiger partial charge in [0, 0.05) is 19.1 Å². The Labute approximate surface area is 89.3 Å². The van der Waals surface area contributed by atoms with Gasteiger partial charge in [0.1, 0.15) is 0 Å². The standard InChI is InChI=1S/C8H16N2O4S/c1-6(8(11)12)15(13,14)10-4-3-7(5-10)9-2/h6-7,9H,3-5H2,1-2H3,(H,11,12). The van der Waals surface area contributed by atoms with Crippen LogP contribution < -0.4 is 5.32 Å². The van der Waals surface area contributed by atoms with Gasteiger partial charge in [0.15, 0.2) is 5.25 Å². The minimum absolute atomic E-state index is 0.126. The molecule has 1 fully saturated rings. The van der Waals surface area contributed by atoms with Crippen LogP contribution in [0.25, 0.3) is 0 Å². The van der Waals surface area contributed by atoms with E-state index in [0.717, 1.165) is 6.42 Å². The quantitative estimate of drug-likeness (QED) is 0.659. The number of hydrogen-bond acceptors (Lipinski definition) is 4. The summed E-state index contributed by atoms with van der Waals surface area (Å²) >= 11 is 0. The number of aliphatic carboxylic acids is 1. The van der Waals surface area contributed by atoms with Crippen molar-refractivity contribution in [2.75, 3.05) is 20.1 Å². The second-order valence-corrected chi connectivity index (χ2v) is 5.91. The maximum Gasteiger partial charge on any atom is 0.323 e.